The molecule has 1 fully saturated rings. The summed E-state index contributed by atoms with van der Waals surface area (Å²) >= 11 is 0. The molecule has 0 bridgehead atoms. The summed E-state index contributed by atoms with van der Waals surface area (Å²) in [6.45, 7) is 0.0721. The van der Waals surface area contributed by atoms with Crippen molar-refractivity contribution in [1.82, 2.24) is 10.2 Å². The van der Waals surface area contributed by atoms with Crippen molar-refractivity contribution in [3.63, 3.8) is 0 Å². The number of hydrogen-bond donors (Lipinski definition) is 1. The van der Waals surface area contributed by atoms with Gasteiger partial charge in [-0.2, -0.15) is 0 Å². The number of methoxy groups -OCH3 is 4. The van der Waals surface area contributed by atoms with Gasteiger partial charge in [0, 0.05) is 38.9 Å². The first-order valence-electron chi connectivity index (χ1n) is 15.1. The lowest BCUT2D eigenvalue weighted by Gasteiger charge is -2.24. The van der Waals surface area contributed by atoms with Crippen LogP contribution in [0.3, 0.4) is 0 Å². The lowest BCUT2D eigenvalue weighted by atomic mass is 10.00. The van der Waals surface area contributed by atoms with Gasteiger partial charge in [-0.1, -0.05) is 18.2 Å². The third-order valence-electron chi connectivity index (χ3n) is 7.45. The van der Waals surface area contributed by atoms with E-state index in [1.807, 2.05) is 0 Å². The number of ketones is 1. The first-order chi connectivity index (χ1) is 23.7. The van der Waals surface area contributed by atoms with Crippen molar-refractivity contribution >= 4 is 23.8 Å². The number of hydrogen-bond acceptors (Lipinski definition) is 12. The molecule has 49 heavy (non-hydrogen) atoms. The Labute approximate surface area is 281 Å². The van der Waals surface area contributed by atoms with E-state index in [2.05, 4.69) is 5.32 Å². The van der Waals surface area contributed by atoms with Gasteiger partial charge in [0.05, 0.1) is 25.3 Å². The molecule has 1 saturated heterocycles. The fourth-order valence-corrected chi connectivity index (χ4v) is 5.04. The first-order valence-corrected chi connectivity index (χ1v) is 15.1. The fraction of sp³-hybridized carbons (Fsp3) is 0.353. The lowest BCUT2D eigenvalue weighted by Crippen LogP contribution is -2.45. The van der Waals surface area contributed by atoms with E-state index in [1.165, 1.54) is 69.7 Å². The molecule has 1 N–H and O–H groups in total. The molecule has 0 saturated carbocycles. The Morgan fingerprint density at radius 2 is 1.47 bits per heavy atom. The van der Waals surface area contributed by atoms with Crippen LogP contribution in [-0.4, -0.2) is 89.8 Å². The van der Waals surface area contributed by atoms with Crippen LogP contribution in [0.4, 0.5) is 9.18 Å². The van der Waals surface area contributed by atoms with Crippen molar-refractivity contribution in [1.29, 1.82) is 0 Å². The van der Waals surface area contributed by atoms with Gasteiger partial charge in [0.15, 0.2) is 42.4 Å². The van der Waals surface area contributed by atoms with Gasteiger partial charge in [-0.3, -0.25) is 9.59 Å². The summed E-state index contributed by atoms with van der Waals surface area (Å²) in [5, 5.41) is 2.92. The van der Waals surface area contributed by atoms with Gasteiger partial charge in [-0.15, -0.1) is 0 Å². The number of ether oxygens (including phenoxy) is 6. The van der Waals surface area contributed by atoms with Gasteiger partial charge in [-0.05, 0) is 55.7 Å². The van der Waals surface area contributed by atoms with E-state index in [4.69, 9.17) is 38.2 Å². The molecule has 4 rings (SSSR count). The van der Waals surface area contributed by atoms with E-state index in [0.29, 0.717) is 31.6 Å². The average molecular weight is 685 g/mol. The van der Waals surface area contributed by atoms with Crippen molar-refractivity contribution in [3.05, 3.63) is 82.7 Å². The molecule has 2 amide bonds. The highest BCUT2D eigenvalue weighted by Gasteiger charge is 2.28. The fourth-order valence-electron chi connectivity index (χ4n) is 5.04. The summed E-state index contributed by atoms with van der Waals surface area (Å²) in [7, 11) is 5.55. The SMILES string of the molecule is COCOc1ccc(OC)c(F)c1C(=O)c1ccc(C(=O)OOC(=O)N2CCCCC(NC(=O)c3cccc(OC)c3OCOC)C2)cc1. The molecule has 1 aliphatic heterocycles. The molecule has 0 aromatic heterocycles. The van der Waals surface area contributed by atoms with Crippen LogP contribution in [-0.2, 0) is 19.2 Å². The van der Waals surface area contributed by atoms with E-state index in [-0.39, 0.29) is 59.6 Å². The summed E-state index contributed by atoms with van der Waals surface area (Å²) in [6, 6.07) is 12.2. The third kappa shape index (κ3) is 9.15. The minimum atomic E-state index is -1.01. The smallest absolute Gasteiger partial charge is 0.453 e. The first kappa shape index (κ1) is 36.4. The molecule has 3 aromatic carbocycles. The van der Waals surface area contributed by atoms with Gasteiger partial charge in [0.2, 0.25) is 0 Å². The molecule has 262 valence electrons. The van der Waals surface area contributed by atoms with E-state index in [9.17, 15) is 19.2 Å². The number of carbonyl (C=O) groups is 4. The molecule has 15 heteroatoms. The standard InChI is InChI=1S/C34H37FN2O12/c1-42-19-46-25-15-16-26(44-3)29(35)28(25)30(38)21-11-13-22(14-12-21)33(40)48-49-34(41)37-17-6-5-8-23(18-37)36-32(39)24-9-7-10-27(45-4)31(24)47-20-43-2/h7,9-16,23H,5-6,8,17-20H2,1-4H3,(H,36,39). The van der Waals surface area contributed by atoms with Crippen molar-refractivity contribution in [2.24, 2.45) is 0 Å². The summed E-state index contributed by atoms with van der Waals surface area (Å²) in [4.78, 5) is 63.0. The topological polar surface area (TPSA) is 157 Å². The molecule has 1 aliphatic rings. The maximum Gasteiger partial charge on any atom is 0.453 e. The summed E-state index contributed by atoms with van der Waals surface area (Å²) in [5.74, 6) is -2.76. The highest BCUT2D eigenvalue weighted by atomic mass is 19.1. The molecule has 3 aromatic rings. The number of halogens is 1. The number of carbonyl (C=O) groups excluding carboxylic acids is 4. The number of nitrogens with zero attached hydrogens (tertiary/aromatic N) is 1. The highest BCUT2D eigenvalue weighted by molar-refractivity contribution is 6.11. The van der Waals surface area contributed by atoms with E-state index in [0.717, 1.165) is 0 Å². The minimum Gasteiger partial charge on any atom is -0.494 e. The number of para-hydroxylation sites is 1. The van der Waals surface area contributed by atoms with Crippen LogP contribution in [0, 0.1) is 5.82 Å². The maximum atomic E-state index is 15.1. The van der Waals surface area contributed by atoms with E-state index >= 15 is 4.39 Å². The third-order valence-corrected chi connectivity index (χ3v) is 7.45. The van der Waals surface area contributed by atoms with Crippen LogP contribution < -0.4 is 24.3 Å². The zero-order valence-electron chi connectivity index (χ0n) is 27.4. The molecular weight excluding hydrogens is 647 g/mol. The summed E-state index contributed by atoms with van der Waals surface area (Å²) < 4.78 is 46.2. The molecule has 0 spiro atoms. The largest absolute Gasteiger partial charge is 0.494 e. The molecule has 1 atom stereocenters. The molecule has 1 unspecified atom stereocenters. The average Bonchev–Trinajstić information content (AvgIpc) is 3.37. The molecule has 0 aliphatic carbocycles. The van der Waals surface area contributed by atoms with Crippen LogP contribution in [0.2, 0.25) is 0 Å². The van der Waals surface area contributed by atoms with Crippen LogP contribution in [0.1, 0.15) is 55.9 Å². The normalized spacial score (nSPS) is 14.2. The predicted octanol–water partition coefficient (Wildman–Crippen LogP) is 4.53. The summed E-state index contributed by atoms with van der Waals surface area (Å²) in [5.41, 5.74) is -0.162. The summed E-state index contributed by atoms with van der Waals surface area (Å²) in [6.07, 6.45) is 0.991. The Bertz CT molecular complexity index is 1630. The molecule has 14 nitrogen and oxygen atoms in total. The van der Waals surface area contributed by atoms with E-state index in [1.54, 1.807) is 18.2 Å². The van der Waals surface area contributed by atoms with Crippen LogP contribution >= 0.6 is 0 Å². The number of nitrogens with one attached hydrogen (secondary N) is 1. The molecular formula is C34H37FN2O12. The Morgan fingerprint density at radius 1 is 0.796 bits per heavy atom. The van der Waals surface area contributed by atoms with Crippen molar-refractivity contribution in [2.75, 3.05) is 55.1 Å². The second-order valence-corrected chi connectivity index (χ2v) is 10.6. The second-order valence-electron chi connectivity index (χ2n) is 10.6. The minimum absolute atomic E-state index is 0.0342. The number of amides is 2. The van der Waals surface area contributed by atoms with E-state index < -0.39 is 35.6 Å². The van der Waals surface area contributed by atoms with Gasteiger partial charge in [0.25, 0.3) is 5.91 Å². The second kappa shape index (κ2) is 17.7. The Hall–Kier alpha value is -5.41. The Kier molecular flexibility index (Phi) is 13.1. The van der Waals surface area contributed by atoms with Gasteiger partial charge in [-0.25, -0.2) is 23.8 Å². The molecule has 1 heterocycles. The van der Waals surface area contributed by atoms with Gasteiger partial charge >= 0.3 is 12.1 Å². The van der Waals surface area contributed by atoms with Crippen molar-refractivity contribution < 1.29 is 61.8 Å². The van der Waals surface area contributed by atoms with Crippen molar-refractivity contribution in [2.45, 2.75) is 25.3 Å². The Balaban J connectivity index is 1.37. The number of benzene rings is 3. The van der Waals surface area contributed by atoms with Crippen LogP contribution in [0.5, 0.6) is 23.0 Å². The number of likely N-dealkylation sites (tertiary alicyclic amines) is 1. The number of rotatable bonds is 13. The monoisotopic (exact) mass is 684 g/mol. The zero-order chi connectivity index (χ0) is 35.3. The highest BCUT2D eigenvalue weighted by Crippen LogP contribution is 2.32. The van der Waals surface area contributed by atoms with Crippen LogP contribution in [0.15, 0.2) is 54.6 Å². The zero-order valence-corrected chi connectivity index (χ0v) is 27.4. The Morgan fingerprint density at radius 3 is 2.16 bits per heavy atom. The van der Waals surface area contributed by atoms with Gasteiger partial charge in [0.1, 0.15) is 11.3 Å². The predicted molar refractivity (Wildman–Crippen MR) is 169 cm³/mol. The van der Waals surface area contributed by atoms with Crippen LogP contribution in [0.25, 0.3) is 0 Å². The molecule has 0 radical (unpaired) electrons. The lowest BCUT2D eigenvalue weighted by molar-refractivity contribution is -0.192. The quantitative estimate of drug-likeness (QED) is 0.116. The van der Waals surface area contributed by atoms with Gasteiger partial charge < -0.3 is 38.6 Å². The maximum absolute atomic E-state index is 15.1. The van der Waals surface area contributed by atoms with Crippen molar-refractivity contribution in [3.8, 4) is 23.0 Å².